The Bertz CT molecular complexity index is 1190. The highest BCUT2D eigenvalue weighted by molar-refractivity contribution is 7.89. The van der Waals surface area contributed by atoms with Crippen molar-refractivity contribution in [3.8, 4) is 0 Å². The van der Waals surface area contributed by atoms with Crippen molar-refractivity contribution in [3.05, 3.63) is 60.2 Å². The second-order valence-corrected chi connectivity index (χ2v) is 8.14. The Morgan fingerprint density at radius 1 is 1.20 bits per heavy atom. The summed E-state index contributed by atoms with van der Waals surface area (Å²) in [5.74, 6) is -0.759. The molecule has 1 N–H and O–H groups in total. The van der Waals surface area contributed by atoms with Gasteiger partial charge in [0.1, 0.15) is 18.2 Å². The van der Waals surface area contributed by atoms with Gasteiger partial charge in [-0.2, -0.15) is 17.5 Å². The zero-order chi connectivity index (χ0) is 22.3. The molecule has 0 spiro atoms. The van der Waals surface area contributed by atoms with E-state index in [1.165, 1.54) is 6.92 Å². The lowest BCUT2D eigenvalue weighted by atomic mass is 10.1. The number of fused-ring (bicyclic) bond motifs is 1. The quantitative estimate of drug-likeness (QED) is 0.599. The molecule has 0 saturated heterocycles. The van der Waals surface area contributed by atoms with Crippen LogP contribution in [-0.4, -0.2) is 46.2 Å². The fourth-order valence-electron chi connectivity index (χ4n) is 3.10. The predicted molar refractivity (Wildman–Crippen MR) is 97.9 cm³/mol. The van der Waals surface area contributed by atoms with E-state index in [4.69, 9.17) is 5.11 Å². The van der Waals surface area contributed by atoms with E-state index >= 15 is 0 Å². The normalized spacial score (nSPS) is 13.7. The molecule has 0 aliphatic rings. The smallest absolute Gasteiger partial charge is 0.417 e. The number of rotatable bonds is 5. The van der Waals surface area contributed by atoms with Crippen LogP contribution in [0.15, 0.2) is 53.7 Å². The van der Waals surface area contributed by atoms with Gasteiger partial charge >= 0.3 is 12.3 Å². The first kappa shape index (κ1) is 21.7. The Hall–Kier alpha value is -2.99. The summed E-state index contributed by atoms with van der Waals surface area (Å²) in [4.78, 5) is 14.5. The van der Waals surface area contributed by atoms with Gasteiger partial charge in [0.25, 0.3) is 0 Å². The number of carboxylic acid groups (broad SMARTS) is 1. The maximum Gasteiger partial charge on any atom is 0.417 e. The molecule has 12 heteroatoms. The summed E-state index contributed by atoms with van der Waals surface area (Å²) < 4.78 is 81.9. The van der Waals surface area contributed by atoms with Crippen LogP contribution in [-0.2, 0) is 10.0 Å². The Morgan fingerprint density at radius 3 is 2.37 bits per heavy atom. The molecule has 2 aromatic carbocycles. The van der Waals surface area contributed by atoms with Crippen LogP contribution in [0.2, 0.25) is 0 Å². The van der Waals surface area contributed by atoms with Crippen molar-refractivity contribution >= 4 is 27.1 Å². The molecule has 1 aromatic heterocycles. The van der Waals surface area contributed by atoms with Crippen LogP contribution in [0.25, 0.3) is 11.0 Å². The summed E-state index contributed by atoms with van der Waals surface area (Å²) >= 11 is 0. The predicted octanol–water partition coefficient (Wildman–Crippen LogP) is 4.02. The highest BCUT2D eigenvalue weighted by atomic mass is 32.2. The summed E-state index contributed by atoms with van der Waals surface area (Å²) in [7, 11) is -4.67. The number of sulfonamides is 1. The highest BCUT2D eigenvalue weighted by Gasteiger charge is 2.48. The third-order valence-corrected chi connectivity index (χ3v) is 6.36. The molecular weight excluding hydrogens is 430 g/mol. The molecule has 0 bridgehead atoms. The number of hydrogen-bond acceptors (Lipinski definition) is 4. The third kappa shape index (κ3) is 3.87. The fraction of sp³-hybridized carbons (Fsp3) is 0.222. The van der Waals surface area contributed by atoms with Gasteiger partial charge in [-0.1, -0.05) is 19.1 Å². The molecule has 0 saturated carbocycles. The van der Waals surface area contributed by atoms with E-state index < -0.39 is 51.2 Å². The largest absolute Gasteiger partial charge is 0.464 e. The number of carbonyl (C=O) groups is 1. The Morgan fingerprint density at radius 2 is 1.83 bits per heavy atom. The average molecular weight is 445 g/mol. The number of alkyl halides is 3. The summed E-state index contributed by atoms with van der Waals surface area (Å²) in [6.45, 7) is 0.725. The molecule has 1 heterocycles. The Labute approximate surface area is 168 Å². The molecule has 0 fully saturated rings. The molecule has 0 aliphatic heterocycles. The lowest BCUT2D eigenvalue weighted by Gasteiger charge is -2.31. The summed E-state index contributed by atoms with van der Waals surface area (Å²) in [6.07, 6.45) is -5.37. The van der Waals surface area contributed by atoms with Crippen molar-refractivity contribution in [1.29, 1.82) is 0 Å². The van der Waals surface area contributed by atoms with Crippen molar-refractivity contribution < 1.29 is 35.9 Å². The third-order valence-electron chi connectivity index (χ3n) is 4.43. The van der Waals surface area contributed by atoms with Crippen LogP contribution in [0.5, 0.6) is 0 Å². The van der Waals surface area contributed by atoms with Gasteiger partial charge in [-0.25, -0.2) is 27.2 Å². The van der Waals surface area contributed by atoms with Crippen LogP contribution in [0.1, 0.15) is 18.5 Å². The first-order chi connectivity index (χ1) is 14.0. The molecule has 1 unspecified atom stereocenters. The van der Waals surface area contributed by atoms with Gasteiger partial charge in [0.2, 0.25) is 10.0 Å². The summed E-state index contributed by atoms with van der Waals surface area (Å²) in [6, 6.07) is 4.02. The van der Waals surface area contributed by atoms with Crippen molar-refractivity contribution in [2.45, 2.75) is 24.0 Å². The maximum absolute atomic E-state index is 13.9. The number of nitrogens with zero attached hydrogens (tertiary/aromatic N) is 3. The van der Waals surface area contributed by atoms with Gasteiger partial charge in [0.05, 0.1) is 15.9 Å². The van der Waals surface area contributed by atoms with Gasteiger partial charge < -0.3 is 5.11 Å². The number of imidazole rings is 1. The van der Waals surface area contributed by atoms with E-state index in [2.05, 4.69) is 4.98 Å². The number of halogens is 4. The van der Waals surface area contributed by atoms with E-state index in [1.54, 1.807) is 0 Å². The van der Waals surface area contributed by atoms with E-state index in [1.807, 2.05) is 0 Å². The SMILES string of the molecule is CCN(C(c1ccc(F)cc1)C(F)(F)F)S(=O)(=O)c1ccc2c(c1)ncn2C(=O)O. The minimum Gasteiger partial charge on any atom is -0.464 e. The van der Waals surface area contributed by atoms with Gasteiger partial charge in [0, 0.05) is 6.54 Å². The molecule has 0 aliphatic carbocycles. The average Bonchev–Trinajstić information content (AvgIpc) is 3.09. The van der Waals surface area contributed by atoms with Gasteiger partial charge in [0.15, 0.2) is 0 Å². The summed E-state index contributed by atoms with van der Waals surface area (Å²) in [5.41, 5.74) is -0.374. The second kappa shape index (κ2) is 7.69. The molecule has 1 atom stereocenters. The first-order valence-electron chi connectivity index (χ1n) is 8.51. The van der Waals surface area contributed by atoms with Crippen LogP contribution in [0.4, 0.5) is 22.4 Å². The first-order valence-corrected chi connectivity index (χ1v) is 9.95. The molecule has 0 amide bonds. The zero-order valence-electron chi connectivity index (χ0n) is 15.3. The fourth-order valence-corrected chi connectivity index (χ4v) is 4.73. The Balaban J connectivity index is 2.12. The van der Waals surface area contributed by atoms with Crippen LogP contribution in [0.3, 0.4) is 0 Å². The monoisotopic (exact) mass is 445 g/mol. The second-order valence-electron chi connectivity index (χ2n) is 6.25. The molecule has 3 rings (SSSR count). The van der Waals surface area contributed by atoms with E-state index in [-0.39, 0.29) is 15.3 Å². The zero-order valence-corrected chi connectivity index (χ0v) is 16.2. The number of benzene rings is 2. The molecular formula is C18H15F4N3O4S. The number of aromatic nitrogens is 2. The minimum absolute atomic E-state index is 0.0140. The van der Waals surface area contributed by atoms with E-state index in [0.29, 0.717) is 0 Å². The van der Waals surface area contributed by atoms with Crippen molar-refractivity contribution in [1.82, 2.24) is 13.9 Å². The highest BCUT2D eigenvalue weighted by Crippen LogP contribution is 2.40. The van der Waals surface area contributed by atoms with Gasteiger partial charge in [-0.15, -0.1) is 0 Å². The molecule has 7 nitrogen and oxygen atoms in total. The molecule has 30 heavy (non-hydrogen) atoms. The van der Waals surface area contributed by atoms with Gasteiger partial charge in [-0.05, 0) is 35.9 Å². The van der Waals surface area contributed by atoms with E-state index in [0.717, 1.165) is 53.4 Å². The topological polar surface area (TPSA) is 92.5 Å². The van der Waals surface area contributed by atoms with Crippen molar-refractivity contribution in [2.75, 3.05) is 6.54 Å². The molecule has 0 radical (unpaired) electrons. The van der Waals surface area contributed by atoms with Crippen molar-refractivity contribution in [2.24, 2.45) is 0 Å². The minimum atomic E-state index is -4.98. The lowest BCUT2D eigenvalue weighted by Crippen LogP contribution is -2.42. The van der Waals surface area contributed by atoms with Crippen molar-refractivity contribution in [3.63, 3.8) is 0 Å². The maximum atomic E-state index is 13.9. The standard InChI is InChI=1S/C18H15F4N3O4S/c1-2-25(16(18(20,21)22)11-3-5-12(19)6-4-11)30(28,29)13-7-8-15-14(9-13)23-10-24(15)17(26)27/h3-10,16H,2H2,1H3,(H,26,27). The molecule has 160 valence electrons. The Kier molecular flexibility index (Phi) is 5.56. The van der Waals surface area contributed by atoms with Crippen LogP contribution >= 0.6 is 0 Å². The number of hydrogen-bond donors (Lipinski definition) is 1. The van der Waals surface area contributed by atoms with E-state index in [9.17, 15) is 30.8 Å². The van der Waals surface area contributed by atoms with Crippen LogP contribution < -0.4 is 0 Å². The lowest BCUT2D eigenvalue weighted by molar-refractivity contribution is -0.173. The van der Waals surface area contributed by atoms with Gasteiger partial charge in [-0.3, -0.25) is 0 Å². The summed E-state index contributed by atoms with van der Waals surface area (Å²) in [5, 5.41) is 9.08. The molecule has 3 aromatic rings. The van der Waals surface area contributed by atoms with Crippen LogP contribution in [0, 0.1) is 5.82 Å².